The monoisotopic (exact) mass is 733 g/mol. The van der Waals surface area contributed by atoms with E-state index in [2.05, 4.69) is 51.3 Å². The number of nitrogens with zero attached hydrogens (tertiary/aromatic N) is 2. The van der Waals surface area contributed by atoms with Crippen molar-refractivity contribution in [1.82, 2.24) is 4.72 Å². The van der Waals surface area contributed by atoms with Gasteiger partial charge in [-0.3, -0.25) is 14.3 Å². The van der Waals surface area contributed by atoms with E-state index in [-0.39, 0.29) is 29.8 Å². The molecular formula is C41H55N3O7S. The molecule has 282 valence electrons. The fourth-order valence-electron chi connectivity index (χ4n) is 8.92. The number of benzene rings is 2. The number of fused-ring (bicyclic) bond motifs is 4. The fourth-order valence-corrected chi connectivity index (χ4v) is 10.8. The third-order valence-corrected chi connectivity index (χ3v) is 14.1. The van der Waals surface area contributed by atoms with Crippen LogP contribution < -0.4 is 14.4 Å². The summed E-state index contributed by atoms with van der Waals surface area (Å²) >= 11 is 0. The highest BCUT2D eigenvalue weighted by molar-refractivity contribution is 7.92. The van der Waals surface area contributed by atoms with Crippen LogP contribution in [0.1, 0.15) is 85.8 Å². The first-order chi connectivity index (χ1) is 25.0. The van der Waals surface area contributed by atoms with E-state index in [0.717, 1.165) is 56.6 Å². The Bertz CT molecular complexity index is 1810. The van der Waals surface area contributed by atoms with Gasteiger partial charge in [0.15, 0.2) is 0 Å². The molecule has 10 nitrogen and oxygen atoms in total. The number of allylic oxidation sites excluding steroid dienone is 1. The fraction of sp³-hybridized carbons (Fsp3) is 0.610. The van der Waals surface area contributed by atoms with Crippen LogP contribution in [0, 0.1) is 24.7 Å². The van der Waals surface area contributed by atoms with E-state index in [0.29, 0.717) is 56.5 Å². The zero-order valence-corrected chi connectivity index (χ0v) is 32.0. The average molecular weight is 734 g/mol. The van der Waals surface area contributed by atoms with E-state index in [1.165, 1.54) is 16.7 Å². The predicted molar refractivity (Wildman–Crippen MR) is 202 cm³/mol. The molecule has 2 aliphatic carbocycles. The summed E-state index contributed by atoms with van der Waals surface area (Å²) in [6, 6.07) is 12.3. The SMILES string of the molecule is CO[C@H]1/C=C/C[C@H](C)C[S@@](=O)(NC(=O)COC2(C)CCOCC2)=NC(=O)c2ccc3c(c2)N(C[C@@H]2CC[C@H]21)C[C@@]1(CCCc2cc(C)ccc21)CO3. The van der Waals surface area contributed by atoms with Gasteiger partial charge < -0.3 is 23.8 Å². The summed E-state index contributed by atoms with van der Waals surface area (Å²) in [5.41, 5.74) is 4.49. The van der Waals surface area contributed by atoms with Crippen molar-refractivity contribution >= 4 is 27.4 Å². The van der Waals surface area contributed by atoms with Gasteiger partial charge in [-0.05, 0) is 112 Å². The van der Waals surface area contributed by atoms with Crippen LogP contribution in [0.5, 0.6) is 5.75 Å². The molecule has 2 fully saturated rings. The van der Waals surface area contributed by atoms with Crippen molar-refractivity contribution < 1.29 is 32.7 Å². The molecule has 2 aromatic rings. The van der Waals surface area contributed by atoms with Gasteiger partial charge in [0.1, 0.15) is 22.3 Å². The number of aryl methyl sites for hydroxylation is 2. The highest BCUT2D eigenvalue weighted by atomic mass is 32.2. The second kappa shape index (κ2) is 15.2. The van der Waals surface area contributed by atoms with Gasteiger partial charge in [-0.1, -0.05) is 42.8 Å². The van der Waals surface area contributed by atoms with Crippen molar-refractivity contribution in [3.63, 3.8) is 0 Å². The number of amides is 2. The summed E-state index contributed by atoms with van der Waals surface area (Å²) in [5, 5.41) is 0. The van der Waals surface area contributed by atoms with Gasteiger partial charge in [0.05, 0.1) is 29.8 Å². The van der Waals surface area contributed by atoms with E-state index < -0.39 is 27.3 Å². The van der Waals surface area contributed by atoms with Gasteiger partial charge in [-0.15, -0.1) is 4.36 Å². The summed E-state index contributed by atoms with van der Waals surface area (Å²) in [6.07, 6.45) is 11.5. The molecule has 52 heavy (non-hydrogen) atoms. The van der Waals surface area contributed by atoms with Crippen molar-refractivity contribution in [2.45, 2.75) is 89.3 Å². The first-order valence-corrected chi connectivity index (χ1v) is 20.8. The molecule has 2 amide bonds. The summed E-state index contributed by atoms with van der Waals surface area (Å²) in [7, 11) is -1.73. The number of carbonyl (C=O) groups excluding carboxylic acids is 2. The maximum Gasteiger partial charge on any atom is 0.286 e. The second-order valence-electron chi connectivity index (χ2n) is 16.2. The second-order valence-corrected chi connectivity index (χ2v) is 18.2. The zero-order chi connectivity index (χ0) is 36.5. The molecule has 0 aromatic heterocycles. The van der Waals surface area contributed by atoms with Gasteiger partial charge in [-0.2, -0.15) is 0 Å². The average Bonchev–Trinajstić information content (AvgIpc) is 3.25. The molecule has 5 aliphatic rings. The Morgan fingerprint density at radius 1 is 1.13 bits per heavy atom. The van der Waals surface area contributed by atoms with Crippen LogP contribution in [0.3, 0.4) is 0 Å². The number of hydrogen-bond acceptors (Lipinski definition) is 8. The minimum atomic E-state index is -3.50. The van der Waals surface area contributed by atoms with Gasteiger partial charge in [0.25, 0.3) is 11.8 Å². The highest BCUT2D eigenvalue weighted by Crippen LogP contribution is 2.47. The molecular weight excluding hydrogens is 679 g/mol. The quantitative estimate of drug-likeness (QED) is 0.355. The van der Waals surface area contributed by atoms with Crippen molar-refractivity contribution in [3.05, 3.63) is 70.8 Å². The molecule has 0 unspecified atom stereocenters. The summed E-state index contributed by atoms with van der Waals surface area (Å²) in [4.78, 5) is 29.7. The molecule has 2 aromatic carbocycles. The van der Waals surface area contributed by atoms with Crippen molar-refractivity contribution in [3.8, 4) is 5.75 Å². The summed E-state index contributed by atoms with van der Waals surface area (Å²) in [5.74, 6) is 0.198. The Kier molecular flexibility index (Phi) is 10.9. The smallest absolute Gasteiger partial charge is 0.286 e. The topological polar surface area (TPSA) is 116 Å². The highest BCUT2D eigenvalue weighted by Gasteiger charge is 2.44. The van der Waals surface area contributed by atoms with Crippen LogP contribution in [-0.4, -0.2) is 80.1 Å². The largest absolute Gasteiger partial charge is 0.490 e. The molecule has 0 radical (unpaired) electrons. The lowest BCUT2D eigenvalue weighted by atomic mass is 9.68. The molecule has 2 bridgehead atoms. The minimum absolute atomic E-state index is 0.0191. The Hall–Kier alpha value is -3.25. The molecule has 3 heterocycles. The Morgan fingerprint density at radius 3 is 2.73 bits per heavy atom. The first-order valence-electron chi connectivity index (χ1n) is 19.1. The van der Waals surface area contributed by atoms with E-state index in [9.17, 15) is 13.8 Å². The lowest BCUT2D eigenvalue weighted by Crippen LogP contribution is -2.49. The van der Waals surface area contributed by atoms with Crippen LogP contribution >= 0.6 is 0 Å². The predicted octanol–water partition coefficient (Wildman–Crippen LogP) is 6.33. The summed E-state index contributed by atoms with van der Waals surface area (Å²) in [6.45, 7) is 9.03. The molecule has 7 rings (SSSR count). The molecule has 3 aliphatic heterocycles. The maximum absolute atomic E-state index is 14.5. The molecule has 6 atom stereocenters. The van der Waals surface area contributed by atoms with Gasteiger partial charge >= 0.3 is 0 Å². The standard InChI is InChI=1S/C41H55N3O7S/c1-28-10-14-34-30(21-28)8-6-16-41(34)26-44-23-32-11-13-33(32)36(48-4)9-5-7-29(2)25-52(47,42-38(45)24-51-40(3)17-19-49-20-18-40)43-39(46)31-12-15-37(50-27-41)35(44)22-31/h5,9-10,12,14-15,21-22,29,32-33,36H,6-8,11,13,16-20,23-27H2,1-4H3,(H,42,43,45,46,47)/b9-5+/t29-,32-,33+,36-,41-,52+/m0/s1. The van der Waals surface area contributed by atoms with Crippen molar-refractivity contribution in [1.29, 1.82) is 0 Å². The Morgan fingerprint density at radius 2 is 1.96 bits per heavy atom. The number of nitrogens with one attached hydrogen (secondary N) is 1. The normalized spacial score (nSPS) is 32.2. The lowest BCUT2D eigenvalue weighted by molar-refractivity contribution is -0.138. The lowest BCUT2D eigenvalue weighted by Gasteiger charge is -2.46. The molecule has 1 saturated carbocycles. The Balaban J connectivity index is 1.24. The molecule has 1 spiro atoms. The minimum Gasteiger partial charge on any atom is -0.490 e. The van der Waals surface area contributed by atoms with Crippen molar-refractivity contribution in [2.24, 2.45) is 22.1 Å². The first kappa shape index (κ1) is 37.1. The molecule has 1 N–H and O–H groups in total. The number of carbonyl (C=O) groups is 2. The zero-order valence-electron chi connectivity index (χ0n) is 31.2. The van der Waals surface area contributed by atoms with Crippen LogP contribution in [0.4, 0.5) is 5.69 Å². The molecule has 1 saturated heterocycles. The number of anilines is 1. The number of hydrogen-bond donors (Lipinski definition) is 1. The van der Waals surface area contributed by atoms with Gasteiger partial charge in [-0.25, -0.2) is 4.21 Å². The third-order valence-electron chi connectivity index (χ3n) is 12.1. The van der Waals surface area contributed by atoms with Crippen LogP contribution in [0.15, 0.2) is 52.9 Å². The molecule has 11 heteroatoms. The van der Waals surface area contributed by atoms with E-state index >= 15 is 0 Å². The number of rotatable bonds is 5. The number of methoxy groups -OCH3 is 1. The number of ether oxygens (including phenoxy) is 4. The van der Waals surface area contributed by atoms with E-state index in [4.69, 9.17) is 18.9 Å². The van der Waals surface area contributed by atoms with Gasteiger partial charge in [0, 0.05) is 44.4 Å². The van der Waals surface area contributed by atoms with E-state index in [1.54, 1.807) is 13.2 Å². The Labute approximate surface area is 309 Å². The van der Waals surface area contributed by atoms with Crippen molar-refractivity contribution in [2.75, 3.05) is 57.3 Å². The summed E-state index contributed by atoms with van der Waals surface area (Å²) < 4.78 is 45.7. The van der Waals surface area contributed by atoms with Crippen LogP contribution in [0.2, 0.25) is 0 Å². The van der Waals surface area contributed by atoms with Crippen LogP contribution in [-0.2, 0) is 40.8 Å². The van der Waals surface area contributed by atoms with Gasteiger partial charge in [0.2, 0.25) is 0 Å². The van der Waals surface area contributed by atoms with E-state index in [1.807, 2.05) is 26.0 Å². The third kappa shape index (κ3) is 7.98. The van der Waals surface area contributed by atoms with Crippen LogP contribution in [0.25, 0.3) is 0 Å². The maximum atomic E-state index is 14.5.